The second-order valence-corrected chi connectivity index (χ2v) is 4.06. The Labute approximate surface area is 83.9 Å². The van der Waals surface area contributed by atoms with E-state index in [0.29, 0.717) is 12.1 Å². The van der Waals surface area contributed by atoms with Crippen molar-refractivity contribution in [3.63, 3.8) is 0 Å². The van der Waals surface area contributed by atoms with Crippen LogP contribution in [0.3, 0.4) is 0 Å². The van der Waals surface area contributed by atoms with Crippen molar-refractivity contribution in [2.75, 3.05) is 13.6 Å². The van der Waals surface area contributed by atoms with E-state index in [2.05, 4.69) is 22.0 Å². The number of aryl methyl sites for hydroxylation is 1. The Morgan fingerprint density at radius 3 is 2.93 bits per heavy atom. The van der Waals surface area contributed by atoms with Gasteiger partial charge in [-0.05, 0) is 19.9 Å². The number of nitrogens with two attached hydrogens (primary N) is 1. The largest absolute Gasteiger partial charge is 0.328 e. The Hall–Kier alpha value is -0.940. The Kier molecular flexibility index (Phi) is 2.52. The van der Waals surface area contributed by atoms with Crippen molar-refractivity contribution in [2.24, 2.45) is 12.8 Å². The SMILES string of the molecule is CN1CCC(N)CC1c1ncn(C)n1. The number of rotatable bonds is 1. The fourth-order valence-corrected chi connectivity index (χ4v) is 1.92. The normalized spacial score (nSPS) is 29.4. The molecule has 0 aliphatic carbocycles. The van der Waals surface area contributed by atoms with Gasteiger partial charge in [0.25, 0.3) is 0 Å². The van der Waals surface area contributed by atoms with Crippen LogP contribution in [0, 0.1) is 0 Å². The van der Waals surface area contributed by atoms with Gasteiger partial charge in [0, 0.05) is 19.6 Å². The average molecular weight is 195 g/mol. The first kappa shape index (κ1) is 9.61. The summed E-state index contributed by atoms with van der Waals surface area (Å²) in [6, 6.07) is 0.583. The number of piperidine rings is 1. The van der Waals surface area contributed by atoms with Crippen molar-refractivity contribution in [1.29, 1.82) is 0 Å². The summed E-state index contributed by atoms with van der Waals surface area (Å²) in [7, 11) is 3.99. The summed E-state index contributed by atoms with van der Waals surface area (Å²) in [5, 5.41) is 4.33. The molecule has 2 unspecified atom stereocenters. The van der Waals surface area contributed by atoms with Gasteiger partial charge in [-0.25, -0.2) is 4.98 Å². The lowest BCUT2D eigenvalue weighted by Crippen LogP contribution is -2.40. The summed E-state index contributed by atoms with van der Waals surface area (Å²) in [6.07, 6.45) is 3.77. The highest BCUT2D eigenvalue weighted by Crippen LogP contribution is 2.26. The minimum atomic E-state index is 0.292. The Bertz CT molecular complexity index is 308. The molecule has 0 bridgehead atoms. The van der Waals surface area contributed by atoms with E-state index in [-0.39, 0.29) is 0 Å². The van der Waals surface area contributed by atoms with Crippen LogP contribution in [0.2, 0.25) is 0 Å². The third-order valence-corrected chi connectivity index (χ3v) is 2.83. The maximum absolute atomic E-state index is 5.94. The summed E-state index contributed by atoms with van der Waals surface area (Å²) in [5.74, 6) is 0.894. The second-order valence-electron chi connectivity index (χ2n) is 4.06. The van der Waals surface area contributed by atoms with Crippen LogP contribution in [0.1, 0.15) is 24.7 Å². The van der Waals surface area contributed by atoms with Gasteiger partial charge in [0.15, 0.2) is 5.82 Å². The Balaban J connectivity index is 2.15. The van der Waals surface area contributed by atoms with Crippen LogP contribution in [-0.4, -0.2) is 39.3 Å². The lowest BCUT2D eigenvalue weighted by Gasteiger charge is -2.33. The van der Waals surface area contributed by atoms with E-state index in [9.17, 15) is 0 Å². The monoisotopic (exact) mass is 195 g/mol. The van der Waals surface area contributed by atoms with E-state index in [1.807, 2.05) is 7.05 Å². The van der Waals surface area contributed by atoms with Gasteiger partial charge in [-0.3, -0.25) is 9.58 Å². The number of likely N-dealkylation sites (tertiary alicyclic amines) is 1. The van der Waals surface area contributed by atoms with Crippen LogP contribution >= 0.6 is 0 Å². The molecule has 14 heavy (non-hydrogen) atoms. The molecule has 1 aromatic heterocycles. The van der Waals surface area contributed by atoms with Crippen LogP contribution in [0.4, 0.5) is 0 Å². The molecule has 2 atom stereocenters. The molecule has 1 saturated heterocycles. The molecule has 0 radical (unpaired) electrons. The highest BCUT2D eigenvalue weighted by molar-refractivity contribution is 4.96. The van der Waals surface area contributed by atoms with Gasteiger partial charge >= 0.3 is 0 Å². The molecule has 5 nitrogen and oxygen atoms in total. The molecule has 78 valence electrons. The predicted molar refractivity (Wildman–Crippen MR) is 53.6 cm³/mol. The molecule has 1 aromatic rings. The molecule has 2 N–H and O–H groups in total. The van der Waals surface area contributed by atoms with E-state index < -0.39 is 0 Å². The molecular weight excluding hydrogens is 178 g/mol. The smallest absolute Gasteiger partial charge is 0.167 e. The molecule has 0 aromatic carbocycles. The van der Waals surface area contributed by atoms with Crippen molar-refractivity contribution < 1.29 is 0 Å². The number of nitrogens with zero attached hydrogens (tertiary/aromatic N) is 4. The van der Waals surface area contributed by atoms with Gasteiger partial charge in [0.2, 0.25) is 0 Å². The first-order valence-corrected chi connectivity index (χ1v) is 4.98. The third-order valence-electron chi connectivity index (χ3n) is 2.83. The summed E-state index contributed by atoms with van der Waals surface area (Å²) >= 11 is 0. The summed E-state index contributed by atoms with van der Waals surface area (Å²) in [6.45, 7) is 1.03. The third kappa shape index (κ3) is 1.78. The molecule has 1 aliphatic rings. The van der Waals surface area contributed by atoms with E-state index in [1.54, 1.807) is 11.0 Å². The van der Waals surface area contributed by atoms with E-state index >= 15 is 0 Å². The zero-order valence-electron chi connectivity index (χ0n) is 8.72. The van der Waals surface area contributed by atoms with Crippen molar-refractivity contribution in [1.82, 2.24) is 19.7 Å². The second kappa shape index (κ2) is 3.67. The summed E-state index contributed by atoms with van der Waals surface area (Å²) in [5.41, 5.74) is 5.94. The fraction of sp³-hybridized carbons (Fsp3) is 0.778. The van der Waals surface area contributed by atoms with Gasteiger partial charge in [-0.15, -0.1) is 0 Å². The highest BCUT2D eigenvalue weighted by Gasteiger charge is 2.27. The molecule has 0 amide bonds. The van der Waals surface area contributed by atoms with Gasteiger partial charge in [0.05, 0.1) is 6.04 Å². The van der Waals surface area contributed by atoms with E-state index in [0.717, 1.165) is 25.2 Å². The predicted octanol–water partition coefficient (Wildman–Crippen LogP) is -0.0909. The van der Waals surface area contributed by atoms with Crippen molar-refractivity contribution in [3.05, 3.63) is 12.2 Å². The Morgan fingerprint density at radius 2 is 2.29 bits per heavy atom. The van der Waals surface area contributed by atoms with E-state index in [4.69, 9.17) is 5.73 Å². The number of aromatic nitrogens is 3. The lowest BCUT2D eigenvalue weighted by atomic mass is 9.98. The maximum atomic E-state index is 5.94. The first-order valence-electron chi connectivity index (χ1n) is 4.98. The zero-order valence-corrected chi connectivity index (χ0v) is 8.72. The molecule has 0 spiro atoms. The Morgan fingerprint density at radius 1 is 1.50 bits per heavy atom. The summed E-state index contributed by atoms with van der Waals surface area (Å²) < 4.78 is 1.74. The average Bonchev–Trinajstić information content (AvgIpc) is 2.56. The minimum Gasteiger partial charge on any atom is -0.328 e. The quantitative estimate of drug-likeness (QED) is 0.680. The van der Waals surface area contributed by atoms with Crippen molar-refractivity contribution in [2.45, 2.75) is 24.9 Å². The van der Waals surface area contributed by atoms with Gasteiger partial charge in [0.1, 0.15) is 6.33 Å². The lowest BCUT2D eigenvalue weighted by molar-refractivity contribution is 0.164. The number of hydrogen-bond donors (Lipinski definition) is 1. The molecule has 0 saturated carbocycles. The molecule has 5 heteroatoms. The van der Waals surface area contributed by atoms with Crippen molar-refractivity contribution in [3.8, 4) is 0 Å². The van der Waals surface area contributed by atoms with Crippen molar-refractivity contribution >= 4 is 0 Å². The standard InChI is InChI=1S/C9H17N5/c1-13-4-3-7(10)5-8(13)9-11-6-14(2)12-9/h6-8H,3-5,10H2,1-2H3. The topological polar surface area (TPSA) is 60.0 Å². The van der Waals surface area contributed by atoms with E-state index in [1.165, 1.54) is 0 Å². The maximum Gasteiger partial charge on any atom is 0.167 e. The van der Waals surface area contributed by atoms with Crippen LogP contribution in [-0.2, 0) is 7.05 Å². The molecule has 1 fully saturated rings. The highest BCUT2D eigenvalue weighted by atomic mass is 15.3. The van der Waals surface area contributed by atoms with Crippen LogP contribution in [0.25, 0.3) is 0 Å². The van der Waals surface area contributed by atoms with Gasteiger partial charge < -0.3 is 5.73 Å². The molecule has 1 aliphatic heterocycles. The molecule has 2 rings (SSSR count). The number of hydrogen-bond acceptors (Lipinski definition) is 4. The van der Waals surface area contributed by atoms with Crippen LogP contribution in [0.5, 0.6) is 0 Å². The summed E-state index contributed by atoms with van der Waals surface area (Å²) in [4.78, 5) is 6.56. The zero-order chi connectivity index (χ0) is 10.1. The van der Waals surface area contributed by atoms with Gasteiger partial charge in [-0.1, -0.05) is 0 Å². The fourth-order valence-electron chi connectivity index (χ4n) is 1.92. The van der Waals surface area contributed by atoms with Crippen LogP contribution in [0.15, 0.2) is 6.33 Å². The molecule has 2 heterocycles. The minimum absolute atomic E-state index is 0.292. The molecular formula is C9H17N5. The van der Waals surface area contributed by atoms with Gasteiger partial charge in [-0.2, -0.15) is 5.10 Å². The van der Waals surface area contributed by atoms with Crippen LogP contribution < -0.4 is 5.73 Å². The first-order chi connectivity index (χ1) is 6.66.